The van der Waals surface area contributed by atoms with Crippen molar-refractivity contribution in [3.8, 4) is 0 Å². The molecule has 0 fully saturated rings. The van der Waals surface area contributed by atoms with Crippen LogP contribution in [0.25, 0.3) is 5.65 Å². The second kappa shape index (κ2) is 5.26. The highest BCUT2D eigenvalue weighted by Gasteiger charge is 2.23. The van der Waals surface area contributed by atoms with Crippen LogP contribution >= 0.6 is 0 Å². The van der Waals surface area contributed by atoms with E-state index in [4.69, 9.17) is 4.74 Å². The fourth-order valence-corrected chi connectivity index (χ4v) is 2.29. The summed E-state index contributed by atoms with van der Waals surface area (Å²) in [6.07, 6.45) is 2.72. The van der Waals surface area contributed by atoms with Crippen LogP contribution in [0, 0.1) is 0 Å². The number of H-pyrrole nitrogens is 1. The van der Waals surface area contributed by atoms with E-state index < -0.39 is 5.97 Å². The average molecular weight is 263 g/mol. The number of esters is 1. The molecular weight excluding hydrogens is 246 g/mol. The Labute approximate surface area is 110 Å². The van der Waals surface area contributed by atoms with Gasteiger partial charge < -0.3 is 4.74 Å². The molecule has 0 aromatic carbocycles. The largest absolute Gasteiger partial charge is 0.462 e. The van der Waals surface area contributed by atoms with Gasteiger partial charge in [-0.15, -0.1) is 0 Å². The van der Waals surface area contributed by atoms with Crippen LogP contribution in [-0.4, -0.2) is 27.2 Å². The summed E-state index contributed by atoms with van der Waals surface area (Å²) in [6, 6.07) is 0. The van der Waals surface area contributed by atoms with Gasteiger partial charge in [-0.2, -0.15) is 0 Å². The number of pyridine rings is 1. The molecule has 0 saturated carbocycles. The van der Waals surface area contributed by atoms with E-state index in [2.05, 4.69) is 10.1 Å². The first-order valence-electron chi connectivity index (χ1n) is 6.42. The highest BCUT2D eigenvalue weighted by Crippen LogP contribution is 2.13. The van der Waals surface area contributed by atoms with Gasteiger partial charge in [0.25, 0.3) is 0 Å². The lowest BCUT2D eigenvalue weighted by Gasteiger charge is -2.11. The Balaban J connectivity index is 2.84. The Morgan fingerprint density at radius 2 is 2.11 bits per heavy atom. The van der Waals surface area contributed by atoms with Crippen molar-refractivity contribution >= 4 is 11.6 Å². The quantitative estimate of drug-likeness (QED) is 0.844. The van der Waals surface area contributed by atoms with Crippen molar-refractivity contribution in [2.45, 2.75) is 33.6 Å². The average Bonchev–Trinajstić information content (AvgIpc) is 2.85. The monoisotopic (exact) mass is 263 g/mol. The minimum absolute atomic E-state index is 0.0113. The van der Waals surface area contributed by atoms with Crippen molar-refractivity contribution < 1.29 is 9.53 Å². The van der Waals surface area contributed by atoms with E-state index in [0.29, 0.717) is 24.1 Å². The van der Waals surface area contributed by atoms with E-state index in [0.717, 1.165) is 5.69 Å². The Kier molecular flexibility index (Phi) is 3.69. The third-order valence-electron chi connectivity index (χ3n) is 3.10. The maximum Gasteiger partial charge on any atom is 0.346 e. The van der Waals surface area contributed by atoms with Crippen LogP contribution in [0.15, 0.2) is 11.1 Å². The number of carbonyl (C=O) groups is 1. The number of ether oxygens (including phenoxy) is 1. The highest BCUT2D eigenvalue weighted by atomic mass is 16.5. The van der Waals surface area contributed by atoms with Gasteiger partial charge in [-0.05, 0) is 19.8 Å². The molecule has 0 saturated heterocycles. The first-order chi connectivity index (χ1) is 9.15. The standard InChI is InChI=1S/C13H17N3O3/c1-4-8-9(5-2)16-12(14-7-15-16)10(11(8)17)13(18)19-6-3/h7H,4-6H2,1-3H3,(H,14,15). The lowest BCUT2D eigenvalue weighted by molar-refractivity contribution is 0.0526. The topological polar surface area (TPSA) is 76.5 Å². The van der Waals surface area contributed by atoms with Gasteiger partial charge in [0.2, 0.25) is 5.43 Å². The summed E-state index contributed by atoms with van der Waals surface area (Å²) in [6.45, 7) is 5.79. The molecule has 0 bridgehead atoms. The van der Waals surface area contributed by atoms with Crippen molar-refractivity contribution in [3.63, 3.8) is 0 Å². The van der Waals surface area contributed by atoms with Crippen LogP contribution in [0.5, 0.6) is 0 Å². The molecule has 2 heterocycles. The number of fused-ring (bicyclic) bond motifs is 1. The minimum atomic E-state index is -0.616. The number of aromatic nitrogens is 3. The molecule has 6 nitrogen and oxygen atoms in total. The molecular formula is C13H17N3O3. The van der Waals surface area contributed by atoms with Crippen LogP contribution < -0.4 is 5.43 Å². The van der Waals surface area contributed by atoms with Gasteiger partial charge in [0.15, 0.2) is 11.2 Å². The van der Waals surface area contributed by atoms with Crippen LogP contribution in [-0.2, 0) is 17.6 Å². The zero-order valence-corrected chi connectivity index (χ0v) is 11.3. The van der Waals surface area contributed by atoms with Crippen LogP contribution in [0.2, 0.25) is 0 Å². The zero-order chi connectivity index (χ0) is 14.0. The molecule has 0 aliphatic heterocycles. The van der Waals surface area contributed by atoms with Gasteiger partial charge in [0.05, 0.1) is 6.61 Å². The molecule has 0 amide bonds. The number of rotatable bonds is 4. The van der Waals surface area contributed by atoms with Crippen molar-refractivity contribution in [2.75, 3.05) is 6.61 Å². The molecule has 1 N–H and O–H groups in total. The first-order valence-corrected chi connectivity index (χ1v) is 6.42. The first kappa shape index (κ1) is 13.3. The van der Waals surface area contributed by atoms with Gasteiger partial charge >= 0.3 is 5.97 Å². The summed E-state index contributed by atoms with van der Waals surface area (Å²) in [5, 5.41) is 2.94. The van der Waals surface area contributed by atoms with E-state index in [1.807, 2.05) is 13.8 Å². The fourth-order valence-electron chi connectivity index (χ4n) is 2.29. The summed E-state index contributed by atoms with van der Waals surface area (Å²) in [4.78, 5) is 28.5. The van der Waals surface area contributed by atoms with Gasteiger partial charge in [-0.25, -0.2) is 14.3 Å². The van der Waals surface area contributed by atoms with E-state index in [9.17, 15) is 9.59 Å². The second-order valence-electron chi connectivity index (χ2n) is 4.10. The minimum Gasteiger partial charge on any atom is -0.462 e. The van der Waals surface area contributed by atoms with E-state index in [1.165, 1.54) is 6.33 Å². The predicted molar refractivity (Wildman–Crippen MR) is 70.5 cm³/mol. The molecule has 2 rings (SSSR count). The zero-order valence-electron chi connectivity index (χ0n) is 11.3. The summed E-state index contributed by atoms with van der Waals surface area (Å²) in [5.41, 5.74) is 1.56. The molecule has 0 aliphatic carbocycles. The maximum absolute atomic E-state index is 12.4. The number of hydrogen-bond acceptors (Lipinski definition) is 4. The third kappa shape index (κ3) is 2.03. The summed E-state index contributed by atoms with van der Waals surface area (Å²) >= 11 is 0. The summed E-state index contributed by atoms with van der Waals surface area (Å²) < 4.78 is 6.64. The fraction of sp³-hybridized carbons (Fsp3) is 0.462. The number of aryl methyl sites for hydroxylation is 1. The van der Waals surface area contributed by atoms with Crippen LogP contribution in [0.4, 0.5) is 0 Å². The Morgan fingerprint density at radius 1 is 1.37 bits per heavy atom. The lowest BCUT2D eigenvalue weighted by atomic mass is 10.1. The van der Waals surface area contributed by atoms with Gasteiger partial charge in [0.1, 0.15) is 6.33 Å². The van der Waals surface area contributed by atoms with E-state index in [1.54, 1.807) is 11.4 Å². The van der Waals surface area contributed by atoms with E-state index >= 15 is 0 Å². The van der Waals surface area contributed by atoms with Crippen molar-refractivity contribution in [1.82, 2.24) is 14.6 Å². The molecule has 0 spiro atoms. The normalized spacial score (nSPS) is 10.9. The molecule has 19 heavy (non-hydrogen) atoms. The number of nitrogens with zero attached hydrogens (tertiary/aromatic N) is 2. The molecule has 0 radical (unpaired) electrons. The van der Waals surface area contributed by atoms with Crippen molar-refractivity contribution in [2.24, 2.45) is 0 Å². The molecule has 2 aromatic heterocycles. The smallest absolute Gasteiger partial charge is 0.346 e. The van der Waals surface area contributed by atoms with Gasteiger partial charge in [0, 0.05) is 11.3 Å². The molecule has 0 aliphatic rings. The number of aromatic amines is 1. The SMILES string of the molecule is CCOC(=O)c1c(=O)c(CC)c(CC)n2[nH]cnc12. The Bertz CT molecular complexity index is 670. The molecule has 0 unspecified atom stereocenters. The number of hydrogen-bond donors (Lipinski definition) is 1. The molecule has 6 heteroatoms. The lowest BCUT2D eigenvalue weighted by Crippen LogP contribution is -2.25. The number of nitrogens with one attached hydrogen (secondary N) is 1. The van der Waals surface area contributed by atoms with Crippen LogP contribution in [0.3, 0.4) is 0 Å². The second-order valence-corrected chi connectivity index (χ2v) is 4.10. The van der Waals surface area contributed by atoms with Gasteiger partial charge in [-0.1, -0.05) is 13.8 Å². The maximum atomic E-state index is 12.4. The van der Waals surface area contributed by atoms with Gasteiger partial charge in [-0.3, -0.25) is 9.89 Å². The molecule has 2 aromatic rings. The Hall–Kier alpha value is -2.11. The van der Waals surface area contributed by atoms with E-state index in [-0.39, 0.29) is 17.6 Å². The molecule has 102 valence electrons. The molecule has 0 atom stereocenters. The Morgan fingerprint density at radius 3 is 2.68 bits per heavy atom. The number of carbonyl (C=O) groups excluding carboxylic acids is 1. The summed E-state index contributed by atoms with van der Waals surface area (Å²) in [7, 11) is 0. The predicted octanol–water partition coefficient (Wildman–Crippen LogP) is 1.32. The van der Waals surface area contributed by atoms with Crippen LogP contribution in [0.1, 0.15) is 42.4 Å². The summed E-state index contributed by atoms with van der Waals surface area (Å²) in [5.74, 6) is -0.616. The third-order valence-corrected chi connectivity index (χ3v) is 3.10. The van der Waals surface area contributed by atoms with Crippen molar-refractivity contribution in [1.29, 1.82) is 0 Å². The van der Waals surface area contributed by atoms with Crippen molar-refractivity contribution in [3.05, 3.63) is 33.4 Å². The highest BCUT2D eigenvalue weighted by molar-refractivity contribution is 5.96.